The van der Waals surface area contributed by atoms with E-state index in [1.54, 1.807) is 41.6 Å². The number of aromatic nitrogens is 1. The summed E-state index contributed by atoms with van der Waals surface area (Å²) in [6.07, 6.45) is 0. The first kappa shape index (κ1) is 27.9. The van der Waals surface area contributed by atoms with E-state index < -0.39 is 11.5 Å². The van der Waals surface area contributed by atoms with Gasteiger partial charge in [-0.15, -0.1) is 0 Å². The second-order valence-corrected chi connectivity index (χ2v) is 10.1. The second-order valence-electron chi connectivity index (χ2n) is 9.31. The van der Waals surface area contributed by atoms with Crippen LogP contribution in [0.1, 0.15) is 33.2 Å². The van der Waals surface area contributed by atoms with Crippen LogP contribution in [0.3, 0.4) is 0 Å². The number of halogens is 2. The fourth-order valence-corrected chi connectivity index (χ4v) is 4.99. The first-order chi connectivity index (χ1) is 18.1. The van der Waals surface area contributed by atoms with Crippen molar-refractivity contribution in [3.05, 3.63) is 73.5 Å². The molecule has 202 valence electrons. The highest BCUT2D eigenvalue weighted by Crippen LogP contribution is 2.32. The molecule has 0 bridgehead atoms. The third kappa shape index (κ3) is 5.66. The molecule has 38 heavy (non-hydrogen) atoms. The Morgan fingerprint density at radius 3 is 2.39 bits per heavy atom. The van der Waals surface area contributed by atoms with E-state index in [1.165, 1.54) is 5.01 Å². The van der Waals surface area contributed by atoms with Crippen LogP contribution in [-0.2, 0) is 11.3 Å². The van der Waals surface area contributed by atoms with Gasteiger partial charge in [-0.1, -0.05) is 34.8 Å². The Labute approximate surface area is 231 Å². The molecule has 2 aromatic carbocycles. The Balaban J connectivity index is 1.74. The van der Waals surface area contributed by atoms with Gasteiger partial charge in [-0.3, -0.25) is 15.4 Å². The molecule has 1 fully saturated rings. The van der Waals surface area contributed by atoms with Crippen LogP contribution < -0.4 is 16.3 Å². The van der Waals surface area contributed by atoms with Crippen LogP contribution in [0, 0.1) is 6.92 Å². The van der Waals surface area contributed by atoms with Crippen molar-refractivity contribution in [2.45, 2.75) is 20.4 Å². The summed E-state index contributed by atoms with van der Waals surface area (Å²) in [6, 6.07) is 10.6. The first-order valence-electron chi connectivity index (χ1n) is 12.4. The molecule has 4 rings (SSSR count). The highest BCUT2D eigenvalue weighted by atomic mass is 35.5. The van der Waals surface area contributed by atoms with E-state index in [0.29, 0.717) is 66.1 Å². The lowest BCUT2D eigenvalue weighted by atomic mass is 10.0. The van der Waals surface area contributed by atoms with Crippen LogP contribution in [0.25, 0.3) is 10.9 Å². The smallest absolute Gasteiger partial charge is 0.345 e. The number of hydrogen-bond acceptors (Lipinski definition) is 7. The van der Waals surface area contributed by atoms with E-state index in [4.69, 9.17) is 33.8 Å². The van der Waals surface area contributed by atoms with Crippen LogP contribution in [0.5, 0.6) is 0 Å². The molecule has 0 aliphatic carbocycles. The molecule has 1 aliphatic heterocycles. The largest absolute Gasteiger partial charge is 0.462 e. The summed E-state index contributed by atoms with van der Waals surface area (Å²) < 4.78 is 6.92. The highest BCUT2D eigenvalue weighted by molar-refractivity contribution is 6.42. The number of aryl methyl sites for hydroxylation is 1. The molecule has 3 aromatic rings. The SMILES string of the molecule is CCOC(=O)c1c(N2CCN(C(=O)c3ccc(Cl)c(Cl)c3)CC2)c2cc(C)ccc2n(CCN(C)N)c1=O. The third-order valence-electron chi connectivity index (χ3n) is 6.60. The Kier molecular flexibility index (Phi) is 8.62. The van der Waals surface area contributed by atoms with Gasteiger partial charge in [0, 0.05) is 57.3 Å². The van der Waals surface area contributed by atoms with Crippen LogP contribution in [0.4, 0.5) is 5.69 Å². The minimum absolute atomic E-state index is 0.00566. The lowest BCUT2D eigenvalue weighted by Crippen LogP contribution is -2.50. The Bertz CT molecular complexity index is 1430. The summed E-state index contributed by atoms with van der Waals surface area (Å²) in [5.41, 5.74) is 2.25. The summed E-state index contributed by atoms with van der Waals surface area (Å²) in [4.78, 5) is 43.8. The summed E-state index contributed by atoms with van der Waals surface area (Å²) in [5, 5.41) is 2.97. The van der Waals surface area contributed by atoms with E-state index in [2.05, 4.69) is 0 Å². The molecule has 1 aromatic heterocycles. The molecule has 0 saturated carbocycles. The lowest BCUT2D eigenvalue weighted by Gasteiger charge is -2.37. The number of carbonyl (C=O) groups is 2. The van der Waals surface area contributed by atoms with Gasteiger partial charge in [0.15, 0.2) is 0 Å². The Hall–Kier alpha value is -3.11. The zero-order chi connectivity index (χ0) is 27.6. The van der Waals surface area contributed by atoms with Gasteiger partial charge in [0.25, 0.3) is 11.5 Å². The van der Waals surface area contributed by atoms with E-state index in [-0.39, 0.29) is 18.1 Å². The number of ether oxygens (including phenoxy) is 1. The normalized spacial score (nSPS) is 13.9. The maximum absolute atomic E-state index is 13.8. The zero-order valence-electron chi connectivity index (χ0n) is 21.7. The highest BCUT2D eigenvalue weighted by Gasteiger charge is 2.30. The van der Waals surface area contributed by atoms with E-state index in [9.17, 15) is 14.4 Å². The number of fused-ring (bicyclic) bond motifs is 1. The molecule has 0 spiro atoms. The van der Waals surface area contributed by atoms with Gasteiger partial charge < -0.3 is 19.1 Å². The lowest BCUT2D eigenvalue weighted by molar-refractivity contribution is 0.0523. The Morgan fingerprint density at radius 2 is 1.76 bits per heavy atom. The molecule has 1 aliphatic rings. The summed E-state index contributed by atoms with van der Waals surface area (Å²) in [7, 11) is 1.72. The monoisotopic (exact) mass is 559 g/mol. The fourth-order valence-electron chi connectivity index (χ4n) is 4.70. The molecule has 9 nitrogen and oxygen atoms in total. The van der Waals surface area contributed by atoms with E-state index in [1.807, 2.05) is 30.0 Å². The van der Waals surface area contributed by atoms with Gasteiger partial charge in [0.1, 0.15) is 5.56 Å². The zero-order valence-corrected chi connectivity index (χ0v) is 23.2. The summed E-state index contributed by atoms with van der Waals surface area (Å²) in [5.74, 6) is 4.99. The number of carbonyl (C=O) groups excluding carboxylic acids is 2. The van der Waals surface area contributed by atoms with Crippen molar-refractivity contribution < 1.29 is 14.3 Å². The number of amides is 1. The molecule has 0 atom stereocenters. The van der Waals surface area contributed by atoms with Gasteiger partial charge in [-0.25, -0.2) is 9.80 Å². The van der Waals surface area contributed by atoms with Crippen LogP contribution in [0.2, 0.25) is 10.0 Å². The van der Waals surface area contributed by atoms with Crippen LogP contribution in [0.15, 0.2) is 41.2 Å². The second kappa shape index (κ2) is 11.7. The summed E-state index contributed by atoms with van der Waals surface area (Å²) in [6.45, 7) is 6.19. The number of nitrogens with two attached hydrogens (primary N) is 1. The van der Waals surface area contributed by atoms with Gasteiger partial charge in [-0.05, 0) is 44.2 Å². The van der Waals surface area contributed by atoms with E-state index >= 15 is 0 Å². The van der Waals surface area contributed by atoms with Crippen molar-refractivity contribution >= 4 is 51.7 Å². The van der Waals surface area contributed by atoms with Crippen molar-refractivity contribution in [2.75, 3.05) is 51.3 Å². The Morgan fingerprint density at radius 1 is 1.05 bits per heavy atom. The van der Waals surface area contributed by atoms with Gasteiger partial charge >= 0.3 is 5.97 Å². The molecule has 0 radical (unpaired) electrons. The summed E-state index contributed by atoms with van der Waals surface area (Å²) >= 11 is 12.1. The number of hydrogen-bond donors (Lipinski definition) is 1. The maximum Gasteiger partial charge on any atom is 0.345 e. The number of nitrogens with zero attached hydrogens (tertiary/aromatic N) is 4. The van der Waals surface area contributed by atoms with Crippen LogP contribution >= 0.6 is 23.2 Å². The number of pyridine rings is 1. The predicted molar refractivity (Wildman–Crippen MR) is 150 cm³/mol. The predicted octanol–water partition coefficient (Wildman–Crippen LogP) is 3.56. The number of esters is 1. The number of rotatable bonds is 7. The number of likely N-dealkylation sites (N-methyl/N-ethyl adjacent to an activating group) is 1. The average Bonchev–Trinajstić information content (AvgIpc) is 2.89. The number of benzene rings is 2. The topological polar surface area (TPSA) is 101 Å². The molecule has 2 N–H and O–H groups in total. The molecular weight excluding hydrogens is 529 g/mol. The molecule has 1 saturated heterocycles. The van der Waals surface area contributed by atoms with Gasteiger partial charge in [0.05, 0.1) is 27.9 Å². The van der Waals surface area contributed by atoms with Crippen LogP contribution in [-0.4, -0.2) is 72.7 Å². The number of anilines is 1. The molecular formula is C27H31Cl2N5O4. The van der Waals surface area contributed by atoms with E-state index in [0.717, 1.165) is 10.9 Å². The van der Waals surface area contributed by atoms with Crippen molar-refractivity contribution in [1.29, 1.82) is 0 Å². The number of hydrazine groups is 1. The number of piperazine rings is 1. The standard InChI is InChI=1S/C27H31Cl2N5O4/c1-4-38-27(37)23-24(19-15-17(2)5-8-22(19)34(26(23)36)14-9-31(3)30)32-10-12-33(13-11-32)25(35)18-6-7-20(28)21(29)16-18/h5-8,15-16H,4,9-14,30H2,1-3H3. The maximum atomic E-state index is 13.8. The molecule has 1 amide bonds. The van der Waals surface area contributed by atoms with Gasteiger partial charge in [0.2, 0.25) is 0 Å². The van der Waals surface area contributed by atoms with Crippen molar-refractivity contribution in [2.24, 2.45) is 5.84 Å². The molecule has 11 heteroatoms. The molecule has 2 heterocycles. The van der Waals surface area contributed by atoms with Gasteiger partial charge in [-0.2, -0.15) is 0 Å². The fraction of sp³-hybridized carbons (Fsp3) is 0.370. The quantitative estimate of drug-likeness (QED) is 0.268. The van der Waals surface area contributed by atoms with Crippen molar-refractivity contribution in [1.82, 2.24) is 14.5 Å². The van der Waals surface area contributed by atoms with Crippen molar-refractivity contribution in [3.8, 4) is 0 Å². The van der Waals surface area contributed by atoms with Crippen molar-refractivity contribution in [3.63, 3.8) is 0 Å². The first-order valence-corrected chi connectivity index (χ1v) is 13.2. The minimum atomic E-state index is -0.667. The minimum Gasteiger partial charge on any atom is -0.462 e. The third-order valence-corrected chi connectivity index (χ3v) is 7.34. The average molecular weight is 560 g/mol. The molecule has 0 unspecified atom stereocenters.